The summed E-state index contributed by atoms with van der Waals surface area (Å²) in [4.78, 5) is 0. The Morgan fingerprint density at radius 1 is 1.22 bits per heavy atom. The number of hydrogen-bond acceptors (Lipinski definition) is 3. The highest BCUT2D eigenvalue weighted by molar-refractivity contribution is 5.34. The van der Waals surface area contributed by atoms with Gasteiger partial charge in [0.2, 0.25) is 0 Å². The minimum atomic E-state index is 0.240. The van der Waals surface area contributed by atoms with E-state index in [2.05, 4.69) is 29.7 Å². The molecule has 2 aliphatic rings. The highest BCUT2D eigenvalue weighted by atomic mass is 16.5. The third-order valence-electron chi connectivity index (χ3n) is 4.49. The van der Waals surface area contributed by atoms with Gasteiger partial charge in [0.15, 0.2) is 0 Å². The predicted octanol–water partition coefficient (Wildman–Crippen LogP) is 2.50. The zero-order valence-corrected chi connectivity index (χ0v) is 10.8. The lowest BCUT2D eigenvalue weighted by atomic mass is 9.76. The number of hydrogen-bond donors (Lipinski definition) is 2. The summed E-state index contributed by atoms with van der Waals surface area (Å²) < 4.78 is 5.51. The number of ether oxygens (including phenoxy) is 1. The molecule has 2 atom stereocenters. The molecular formula is C15H22N2O. The molecule has 2 fully saturated rings. The fraction of sp³-hybridized carbons (Fsp3) is 0.600. The maximum Gasteiger partial charge on any atom is 0.0513 e. The minimum absolute atomic E-state index is 0.240. The summed E-state index contributed by atoms with van der Waals surface area (Å²) in [7, 11) is 0. The molecule has 0 aromatic heterocycles. The van der Waals surface area contributed by atoms with Crippen molar-refractivity contribution in [2.24, 2.45) is 11.8 Å². The average molecular weight is 246 g/mol. The van der Waals surface area contributed by atoms with Crippen LogP contribution in [0.1, 0.15) is 48.8 Å². The van der Waals surface area contributed by atoms with Gasteiger partial charge in [0.25, 0.3) is 0 Å². The fourth-order valence-corrected chi connectivity index (χ4v) is 3.18. The Kier molecular flexibility index (Phi) is 3.64. The smallest absolute Gasteiger partial charge is 0.0513 e. The molecule has 0 bridgehead atoms. The Hall–Kier alpha value is -0.900. The van der Waals surface area contributed by atoms with E-state index < -0.39 is 0 Å². The van der Waals surface area contributed by atoms with Crippen molar-refractivity contribution in [1.82, 2.24) is 5.43 Å². The van der Waals surface area contributed by atoms with Gasteiger partial charge in [-0.05, 0) is 36.3 Å². The number of benzene rings is 1. The van der Waals surface area contributed by atoms with Gasteiger partial charge in [-0.15, -0.1) is 0 Å². The molecule has 1 saturated carbocycles. The van der Waals surface area contributed by atoms with Gasteiger partial charge in [-0.1, -0.05) is 30.7 Å². The molecule has 98 valence electrons. The predicted molar refractivity (Wildman–Crippen MR) is 72.0 cm³/mol. The summed E-state index contributed by atoms with van der Waals surface area (Å²) in [6, 6.07) is 9.02. The standard InChI is InChI=1S/C15H22N2O/c16-17-15(12-8-9-18-10-12)14-7-2-1-6-13(14)11-4-3-5-11/h1-2,6-7,11-12,15,17H,3-5,8-10,16H2. The van der Waals surface area contributed by atoms with Crippen LogP contribution in [0.3, 0.4) is 0 Å². The Morgan fingerprint density at radius 3 is 2.67 bits per heavy atom. The Bertz CT molecular complexity index is 397. The SMILES string of the molecule is NNC(c1ccccc1C1CCC1)C1CCOC1. The van der Waals surface area contributed by atoms with E-state index in [1.54, 1.807) is 0 Å². The Morgan fingerprint density at radius 2 is 2.06 bits per heavy atom. The molecule has 1 aliphatic heterocycles. The Balaban J connectivity index is 1.88. The largest absolute Gasteiger partial charge is 0.381 e. The zero-order chi connectivity index (χ0) is 12.4. The average Bonchev–Trinajstić information content (AvgIpc) is 2.84. The summed E-state index contributed by atoms with van der Waals surface area (Å²) in [5.41, 5.74) is 5.91. The second-order valence-corrected chi connectivity index (χ2v) is 5.52. The topological polar surface area (TPSA) is 47.3 Å². The quantitative estimate of drug-likeness (QED) is 0.634. The van der Waals surface area contributed by atoms with Crippen LogP contribution in [0.2, 0.25) is 0 Å². The third-order valence-corrected chi connectivity index (χ3v) is 4.49. The Labute approximate surface area is 109 Å². The monoisotopic (exact) mass is 246 g/mol. The van der Waals surface area contributed by atoms with E-state index in [0.717, 1.165) is 25.6 Å². The maximum absolute atomic E-state index is 5.81. The van der Waals surface area contributed by atoms with Crippen LogP contribution < -0.4 is 11.3 Å². The number of hydrazine groups is 1. The summed E-state index contributed by atoms with van der Waals surface area (Å²) in [6.45, 7) is 1.70. The van der Waals surface area contributed by atoms with Gasteiger partial charge in [-0.25, -0.2) is 0 Å². The molecule has 3 N–H and O–H groups in total. The number of nitrogens with one attached hydrogen (secondary N) is 1. The lowest BCUT2D eigenvalue weighted by Gasteiger charge is -2.32. The molecule has 0 spiro atoms. The van der Waals surface area contributed by atoms with Gasteiger partial charge in [-0.3, -0.25) is 11.3 Å². The van der Waals surface area contributed by atoms with Crippen LogP contribution in [0.4, 0.5) is 0 Å². The number of rotatable bonds is 4. The molecule has 0 radical (unpaired) electrons. The zero-order valence-electron chi connectivity index (χ0n) is 10.8. The van der Waals surface area contributed by atoms with E-state index in [4.69, 9.17) is 10.6 Å². The second-order valence-electron chi connectivity index (χ2n) is 5.52. The first-order chi connectivity index (χ1) is 8.90. The van der Waals surface area contributed by atoms with E-state index in [1.807, 2.05) is 0 Å². The van der Waals surface area contributed by atoms with Gasteiger partial charge in [0.1, 0.15) is 0 Å². The van der Waals surface area contributed by atoms with Crippen LogP contribution in [0.15, 0.2) is 24.3 Å². The summed E-state index contributed by atoms with van der Waals surface area (Å²) >= 11 is 0. The fourth-order valence-electron chi connectivity index (χ4n) is 3.18. The van der Waals surface area contributed by atoms with Crippen molar-refractivity contribution in [3.63, 3.8) is 0 Å². The van der Waals surface area contributed by atoms with E-state index in [-0.39, 0.29) is 6.04 Å². The molecule has 2 unspecified atom stereocenters. The maximum atomic E-state index is 5.81. The van der Waals surface area contributed by atoms with Crippen LogP contribution in [0.25, 0.3) is 0 Å². The highest BCUT2D eigenvalue weighted by Crippen LogP contribution is 2.41. The van der Waals surface area contributed by atoms with Gasteiger partial charge in [0, 0.05) is 12.5 Å². The lowest BCUT2D eigenvalue weighted by molar-refractivity contribution is 0.176. The molecule has 1 heterocycles. The van der Waals surface area contributed by atoms with Crippen molar-refractivity contribution < 1.29 is 4.74 Å². The molecule has 1 aromatic rings. The van der Waals surface area contributed by atoms with Gasteiger partial charge in [0.05, 0.1) is 12.6 Å². The normalized spacial score (nSPS) is 25.9. The van der Waals surface area contributed by atoms with Crippen molar-refractivity contribution in [1.29, 1.82) is 0 Å². The first-order valence-corrected chi connectivity index (χ1v) is 7.03. The second kappa shape index (κ2) is 5.39. The first-order valence-electron chi connectivity index (χ1n) is 7.03. The summed E-state index contributed by atoms with van der Waals surface area (Å²) in [5.74, 6) is 7.07. The summed E-state index contributed by atoms with van der Waals surface area (Å²) in [6.07, 6.45) is 5.13. The van der Waals surface area contributed by atoms with E-state index in [1.165, 1.54) is 30.4 Å². The molecule has 3 nitrogen and oxygen atoms in total. The molecule has 3 heteroatoms. The molecule has 18 heavy (non-hydrogen) atoms. The number of nitrogens with two attached hydrogens (primary N) is 1. The minimum Gasteiger partial charge on any atom is -0.381 e. The third kappa shape index (κ3) is 2.18. The van der Waals surface area contributed by atoms with Crippen molar-refractivity contribution in [2.45, 2.75) is 37.6 Å². The first kappa shape index (κ1) is 12.2. The van der Waals surface area contributed by atoms with Crippen LogP contribution in [-0.2, 0) is 4.74 Å². The van der Waals surface area contributed by atoms with Crippen molar-refractivity contribution in [3.05, 3.63) is 35.4 Å². The van der Waals surface area contributed by atoms with E-state index in [0.29, 0.717) is 5.92 Å². The highest BCUT2D eigenvalue weighted by Gasteiger charge is 2.30. The van der Waals surface area contributed by atoms with Crippen LogP contribution in [0, 0.1) is 5.92 Å². The van der Waals surface area contributed by atoms with Crippen LogP contribution in [-0.4, -0.2) is 13.2 Å². The van der Waals surface area contributed by atoms with Crippen LogP contribution >= 0.6 is 0 Å². The molecule has 1 aromatic carbocycles. The van der Waals surface area contributed by atoms with Crippen molar-refractivity contribution in [2.75, 3.05) is 13.2 Å². The van der Waals surface area contributed by atoms with Crippen LogP contribution in [0.5, 0.6) is 0 Å². The van der Waals surface area contributed by atoms with Gasteiger partial charge < -0.3 is 4.74 Å². The molecular weight excluding hydrogens is 224 g/mol. The van der Waals surface area contributed by atoms with Crippen molar-refractivity contribution >= 4 is 0 Å². The molecule has 0 amide bonds. The van der Waals surface area contributed by atoms with Crippen molar-refractivity contribution in [3.8, 4) is 0 Å². The van der Waals surface area contributed by atoms with E-state index in [9.17, 15) is 0 Å². The van der Waals surface area contributed by atoms with E-state index >= 15 is 0 Å². The van der Waals surface area contributed by atoms with Gasteiger partial charge in [-0.2, -0.15) is 0 Å². The molecule has 1 aliphatic carbocycles. The molecule has 1 saturated heterocycles. The molecule has 3 rings (SSSR count). The lowest BCUT2D eigenvalue weighted by Crippen LogP contribution is -2.35. The summed E-state index contributed by atoms with van der Waals surface area (Å²) in [5, 5.41) is 0. The van der Waals surface area contributed by atoms with Gasteiger partial charge >= 0.3 is 0 Å².